The summed E-state index contributed by atoms with van der Waals surface area (Å²) in [6.07, 6.45) is 7.00. The first-order valence-corrected chi connectivity index (χ1v) is 10.8. The van der Waals surface area contributed by atoms with Gasteiger partial charge < -0.3 is 9.84 Å². The lowest BCUT2D eigenvalue weighted by atomic mass is 9.66. The van der Waals surface area contributed by atoms with Gasteiger partial charge in [0.1, 0.15) is 22.9 Å². The van der Waals surface area contributed by atoms with Crippen molar-refractivity contribution in [2.75, 3.05) is 0 Å². The average Bonchev–Trinajstić information content (AvgIpc) is 2.59. The number of Topliss-reactive ketones (excluding diaryl/α,β-unsaturated/α-hetero) is 1. The predicted molar refractivity (Wildman–Crippen MR) is 110 cm³/mol. The molecule has 3 heteroatoms. The van der Waals surface area contributed by atoms with Gasteiger partial charge >= 0.3 is 0 Å². The quantitative estimate of drug-likeness (QED) is 0.593. The first-order chi connectivity index (χ1) is 12.7. The maximum Gasteiger partial charge on any atom is 0.133 e. The largest absolute Gasteiger partial charge is 0.508 e. The summed E-state index contributed by atoms with van der Waals surface area (Å²) in [5.41, 5.74) is 1.70. The molecule has 0 bridgehead atoms. The molecule has 1 aliphatic heterocycles. The Balaban J connectivity index is 1.90. The van der Waals surface area contributed by atoms with Crippen LogP contribution in [0.3, 0.4) is 0 Å². The lowest BCUT2D eigenvalue weighted by Gasteiger charge is -2.47. The van der Waals surface area contributed by atoms with Crippen LogP contribution in [0.2, 0.25) is 0 Å². The van der Waals surface area contributed by atoms with Gasteiger partial charge in [-0.1, -0.05) is 46.5 Å². The Kier molecular flexibility index (Phi) is 5.88. The van der Waals surface area contributed by atoms with Gasteiger partial charge in [0.05, 0.1) is 0 Å². The predicted octanol–water partition coefficient (Wildman–Crippen LogP) is 6.34. The van der Waals surface area contributed by atoms with Gasteiger partial charge in [0.2, 0.25) is 0 Å². The van der Waals surface area contributed by atoms with E-state index in [1.54, 1.807) is 0 Å². The van der Waals surface area contributed by atoms with E-state index >= 15 is 0 Å². The van der Waals surface area contributed by atoms with Crippen LogP contribution in [0.1, 0.15) is 103 Å². The summed E-state index contributed by atoms with van der Waals surface area (Å²) >= 11 is 0. The van der Waals surface area contributed by atoms with Crippen LogP contribution in [0.5, 0.6) is 11.5 Å². The number of aromatic hydroxyl groups is 1. The Bertz CT molecular complexity index is 691. The van der Waals surface area contributed by atoms with Gasteiger partial charge in [-0.05, 0) is 49.8 Å². The van der Waals surface area contributed by atoms with Crippen molar-refractivity contribution in [2.45, 2.75) is 97.0 Å². The zero-order valence-electron chi connectivity index (χ0n) is 17.7. The number of hydrogen-bond acceptors (Lipinski definition) is 3. The van der Waals surface area contributed by atoms with E-state index in [-0.39, 0.29) is 17.4 Å². The van der Waals surface area contributed by atoms with Crippen LogP contribution in [-0.2, 0) is 4.79 Å². The van der Waals surface area contributed by atoms with Crippen molar-refractivity contribution in [3.05, 3.63) is 23.3 Å². The van der Waals surface area contributed by atoms with E-state index in [4.69, 9.17) is 4.74 Å². The number of carbonyl (C=O) groups is 1. The monoisotopic (exact) mass is 372 g/mol. The van der Waals surface area contributed by atoms with Crippen molar-refractivity contribution < 1.29 is 14.6 Å². The maximum atomic E-state index is 12.1. The van der Waals surface area contributed by atoms with Crippen LogP contribution in [0.4, 0.5) is 0 Å². The molecular formula is C24H36O3. The van der Waals surface area contributed by atoms with Crippen LogP contribution >= 0.6 is 0 Å². The standard InChI is InChI=1S/C24H36O3/c1-6-7-8-9-15(2)16(3)17-12-21(26)23-19-14-18(25)10-11-20(19)24(4,5)27-22(23)13-17/h12-13,15-16,19-20,26H,6-11,14H2,1-5H3/t15?,16?,19-,20+/m1/s1. The highest BCUT2D eigenvalue weighted by Crippen LogP contribution is 2.54. The zero-order valence-corrected chi connectivity index (χ0v) is 17.7. The van der Waals surface area contributed by atoms with Crippen LogP contribution in [-0.4, -0.2) is 16.5 Å². The van der Waals surface area contributed by atoms with Gasteiger partial charge in [-0.2, -0.15) is 0 Å². The molecule has 1 aromatic carbocycles. The van der Waals surface area contributed by atoms with Crippen molar-refractivity contribution in [2.24, 2.45) is 11.8 Å². The fourth-order valence-corrected chi connectivity index (χ4v) is 5.15. The first-order valence-electron chi connectivity index (χ1n) is 10.8. The molecule has 2 aliphatic rings. The Hall–Kier alpha value is -1.51. The number of benzene rings is 1. The maximum absolute atomic E-state index is 12.1. The van der Waals surface area contributed by atoms with Crippen molar-refractivity contribution >= 4 is 5.78 Å². The number of ether oxygens (including phenoxy) is 1. The third kappa shape index (κ3) is 4.02. The molecular weight excluding hydrogens is 336 g/mol. The summed E-state index contributed by atoms with van der Waals surface area (Å²) < 4.78 is 6.40. The smallest absolute Gasteiger partial charge is 0.133 e. The molecule has 27 heavy (non-hydrogen) atoms. The van der Waals surface area contributed by atoms with Crippen LogP contribution in [0, 0.1) is 11.8 Å². The summed E-state index contributed by atoms with van der Waals surface area (Å²) in [7, 11) is 0. The van der Waals surface area contributed by atoms with Gasteiger partial charge in [0.25, 0.3) is 0 Å². The van der Waals surface area contributed by atoms with Crippen molar-refractivity contribution in [3.63, 3.8) is 0 Å². The lowest BCUT2D eigenvalue weighted by Crippen LogP contribution is -2.47. The van der Waals surface area contributed by atoms with Crippen LogP contribution in [0.25, 0.3) is 0 Å². The highest BCUT2D eigenvalue weighted by molar-refractivity contribution is 5.81. The molecule has 0 spiro atoms. The molecule has 4 atom stereocenters. The number of hydrogen-bond donors (Lipinski definition) is 1. The Morgan fingerprint density at radius 2 is 2.00 bits per heavy atom. The molecule has 1 fully saturated rings. The zero-order chi connectivity index (χ0) is 19.8. The molecule has 1 N–H and O–H groups in total. The summed E-state index contributed by atoms with van der Waals surface area (Å²) in [6.45, 7) is 11.0. The number of phenols is 1. The summed E-state index contributed by atoms with van der Waals surface area (Å²) in [4.78, 5) is 12.1. The number of phenolic OH excluding ortho intramolecular Hbond substituents is 1. The molecule has 0 saturated heterocycles. The van der Waals surface area contributed by atoms with Gasteiger partial charge in [-0.15, -0.1) is 0 Å². The van der Waals surface area contributed by atoms with E-state index in [1.807, 2.05) is 6.07 Å². The molecule has 3 nitrogen and oxygen atoms in total. The third-order valence-corrected chi connectivity index (χ3v) is 7.09. The van der Waals surface area contributed by atoms with E-state index in [0.29, 0.717) is 36.2 Å². The van der Waals surface area contributed by atoms with Crippen molar-refractivity contribution in [3.8, 4) is 11.5 Å². The van der Waals surface area contributed by atoms with Crippen molar-refractivity contribution in [1.29, 1.82) is 0 Å². The lowest BCUT2D eigenvalue weighted by molar-refractivity contribution is -0.124. The summed E-state index contributed by atoms with van der Waals surface area (Å²) in [5.74, 6) is 2.71. The van der Waals surface area contributed by atoms with Crippen LogP contribution < -0.4 is 4.74 Å². The second kappa shape index (κ2) is 7.85. The first kappa shape index (κ1) is 20.2. The second-order valence-electron chi connectivity index (χ2n) is 9.41. The number of carbonyl (C=O) groups excluding carboxylic acids is 1. The highest BCUT2D eigenvalue weighted by Gasteiger charge is 2.47. The SMILES string of the molecule is CCCCCC(C)C(C)c1cc(O)c2c(c1)OC(C)(C)[C@H]1CCC(=O)C[C@@H]21. The molecule has 0 radical (unpaired) electrons. The fraction of sp³-hybridized carbons (Fsp3) is 0.708. The Labute approximate surface area is 164 Å². The van der Waals surface area contributed by atoms with Crippen LogP contribution in [0.15, 0.2) is 12.1 Å². The Morgan fingerprint density at radius 3 is 2.70 bits per heavy atom. The molecule has 2 unspecified atom stereocenters. The minimum atomic E-state index is -0.306. The van der Waals surface area contributed by atoms with E-state index < -0.39 is 0 Å². The minimum Gasteiger partial charge on any atom is -0.508 e. The number of ketones is 1. The van der Waals surface area contributed by atoms with Crippen molar-refractivity contribution in [1.82, 2.24) is 0 Å². The van der Waals surface area contributed by atoms with Gasteiger partial charge in [-0.25, -0.2) is 0 Å². The van der Waals surface area contributed by atoms with E-state index in [2.05, 4.69) is 40.7 Å². The number of fused-ring (bicyclic) bond motifs is 3. The molecule has 0 aromatic heterocycles. The van der Waals surface area contributed by atoms with E-state index in [0.717, 1.165) is 23.3 Å². The van der Waals surface area contributed by atoms with E-state index in [9.17, 15) is 9.90 Å². The summed E-state index contributed by atoms with van der Waals surface area (Å²) in [6, 6.07) is 4.06. The molecule has 3 rings (SSSR count). The molecule has 1 saturated carbocycles. The third-order valence-electron chi connectivity index (χ3n) is 7.09. The molecule has 1 heterocycles. The van der Waals surface area contributed by atoms with Gasteiger partial charge in [0, 0.05) is 30.2 Å². The highest BCUT2D eigenvalue weighted by atomic mass is 16.5. The van der Waals surface area contributed by atoms with E-state index in [1.165, 1.54) is 25.7 Å². The normalized spacial score (nSPS) is 25.9. The number of rotatable bonds is 6. The number of unbranched alkanes of at least 4 members (excludes halogenated alkanes) is 2. The molecule has 1 aliphatic carbocycles. The minimum absolute atomic E-state index is 0.0799. The summed E-state index contributed by atoms with van der Waals surface area (Å²) in [5, 5.41) is 10.9. The van der Waals surface area contributed by atoms with Gasteiger partial charge in [0.15, 0.2) is 0 Å². The second-order valence-corrected chi connectivity index (χ2v) is 9.41. The Morgan fingerprint density at radius 1 is 1.26 bits per heavy atom. The topological polar surface area (TPSA) is 46.5 Å². The molecule has 150 valence electrons. The average molecular weight is 373 g/mol. The fourth-order valence-electron chi connectivity index (χ4n) is 5.15. The van der Waals surface area contributed by atoms with Gasteiger partial charge in [-0.3, -0.25) is 4.79 Å². The molecule has 1 aromatic rings. The molecule has 0 amide bonds.